The van der Waals surface area contributed by atoms with Gasteiger partial charge in [-0.15, -0.1) is 11.3 Å². The molecule has 2 saturated heterocycles. The van der Waals surface area contributed by atoms with Crippen LogP contribution in [0.5, 0.6) is 0 Å². The van der Waals surface area contributed by atoms with Gasteiger partial charge in [0.1, 0.15) is 4.21 Å². The third-order valence-corrected chi connectivity index (χ3v) is 7.66. The minimum Gasteiger partial charge on any atom is -0.350 e. The van der Waals surface area contributed by atoms with Crippen LogP contribution in [0.4, 0.5) is 0 Å². The van der Waals surface area contributed by atoms with E-state index in [1.807, 2.05) is 0 Å². The third kappa shape index (κ3) is 2.95. The molecule has 112 valence electrons. The Hall–Kier alpha value is 0.01000. The number of halogens is 1. The lowest BCUT2D eigenvalue weighted by Gasteiger charge is -2.32. The molecule has 0 atom stereocenters. The number of ether oxygens (including phenoxy) is 2. The summed E-state index contributed by atoms with van der Waals surface area (Å²) in [6, 6.07) is 3.42. The van der Waals surface area contributed by atoms with Crippen molar-refractivity contribution in [3.63, 3.8) is 0 Å². The van der Waals surface area contributed by atoms with Crippen molar-refractivity contribution in [2.45, 2.75) is 23.3 Å². The normalized spacial score (nSPS) is 23.4. The number of nitrogens with zero attached hydrogens (tertiary/aromatic N) is 1. The number of thiophene rings is 1. The number of hydrogen-bond donors (Lipinski definition) is 0. The van der Waals surface area contributed by atoms with Crippen LogP contribution >= 0.6 is 27.3 Å². The van der Waals surface area contributed by atoms with Crippen LogP contribution in [0.2, 0.25) is 0 Å². The first kappa shape index (κ1) is 14.9. The Morgan fingerprint density at radius 3 is 2.40 bits per heavy atom. The van der Waals surface area contributed by atoms with E-state index in [9.17, 15) is 8.42 Å². The average Bonchev–Trinajstić information content (AvgIpc) is 3.10. The molecule has 20 heavy (non-hydrogen) atoms. The first-order chi connectivity index (χ1) is 9.57. The molecular weight excluding hydrogens is 366 g/mol. The molecule has 0 saturated carbocycles. The summed E-state index contributed by atoms with van der Waals surface area (Å²) in [7, 11) is -3.35. The second-order valence-corrected chi connectivity index (χ2v) is 9.54. The second-order valence-electron chi connectivity index (χ2n) is 4.91. The van der Waals surface area contributed by atoms with Crippen molar-refractivity contribution in [3.8, 4) is 0 Å². The van der Waals surface area contributed by atoms with Gasteiger partial charge >= 0.3 is 0 Å². The van der Waals surface area contributed by atoms with E-state index in [1.54, 1.807) is 16.4 Å². The first-order valence-electron chi connectivity index (χ1n) is 6.56. The number of hydrogen-bond acceptors (Lipinski definition) is 5. The van der Waals surface area contributed by atoms with Gasteiger partial charge in [0.05, 0.1) is 17.0 Å². The predicted octanol–water partition coefficient (Wildman–Crippen LogP) is 2.28. The fraction of sp³-hybridized carbons (Fsp3) is 0.667. The molecular formula is C12H16BrNO4S2. The Bertz CT molecular complexity index is 560. The Kier molecular flexibility index (Phi) is 4.49. The van der Waals surface area contributed by atoms with E-state index in [0.717, 1.165) is 16.6 Å². The first-order valence-corrected chi connectivity index (χ1v) is 9.61. The highest BCUT2D eigenvalue weighted by Gasteiger charge is 2.35. The molecule has 0 aliphatic carbocycles. The maximum absolute atomic E-state index is 12.5. The van der Waals surface area contributed by atoms with Crippen LogP contribution in [0.15, 0.2) is 20.1 Å². The van der Waals surface area contributed by atoms with Crippen LogP contribution in [0.1, 0.15) is 12.8 Å². The molecule has 1 aromatic rings. The van der Waals surface area contributed by atoms with Crippen molar-refractivity contribution in [1.29, 1.82) is 0 Å². The highest BCUT2D eigenvalue weighted by Crippen LogP contribution is 2.32. The van der Waals surface area contributed by atoms with Crippen LogP contribution in [0, 0.1) is 5.92 Å². The molecule has 0 bridgehead atoms. The summed E-state index contributed by atoms with van der Waals surface area (Å²) in [5, 5.41) is 0. The van der Waals surface area contributed by atoms with Crippen LogP contribution in [-0.2, 0) is 19.5 Å². The fourth-order valence-corrected chi connectivity index (χ4v) is 6.23. The Morgan fingerprint density at radius 2 is 1.85 bits per heavy atom. The molecule has 3 heterocycles. The van der Waals surface area contributed by atoms with Crippen molar-refractivity contribution < 1.29 is 17.9 Å². The Balaban J connectivity index is 1.65. The average molecular weight is 382 g/mol. The standard InChI is InChI=1S/C12H16BrNO4S2/c13-10-1-2-11(19-10)20(15,16)14-5-3-9(4-6-14)12-17-7-8-18-12/h1-2,9,12H,3-8H2. The molecule has 1 aromatic heterocycles. The van der Waals surface area contributed by atoms with Gasteiger partial charge in [0, 0.05) is 19.0 Å². The SMILES string of the molecule is O=S(=O)(c1ccc(Br)s1)N1CCC(C2OCCO2)CC1. The number of rotatable bonds is 3. The molecule has 0 amide bonds. The van der Waals surface area contributed by atoms with Crippen molar-refractivity contribution in [1.82, 2.24) is 4.31 Å². The van der Waals surface area contributed by atoms with E-state index in [4.69, 9.17) is 9.47 Å². The van der Waals surface area contributed by atoms with E-state index in [-0.39, 0.29) is 6.29 Å². The minimum absolute atomic E-state index is 0.143. The lowest BCUT2D eigenvalue weighted by atomic mass is 9.98. The summed E-state index contributed by atoms with van der Waals surface area (Å²) in [4.78, 5) is 0. The summed E-state index contributed by atoms with van der Waals surface area (Å²) >= 11 is 4.56. The zero-order valence-electron chi connectivity index (χ0n) is 10.8. The van der Waals surface area contributed by atoms with Crippen molar-refractivity contribution in [2.75, 3.05) is 26.3 Å². The van der Waals surface area contributed by atoms with E-state index < -0.39 is 10.0 Å². The second kappa shape index (κ2) is 6.02. The van der Waals surface area contributed by atoms with Gasteiger partial charge in [-0.05, 0) is 40.9 Å². The van der Waals surface area contributed by atoms with Crippen LogP contribution < -0.4 is 0 Å². The summed E-state index contributed by atoms with van der Waals surface area (Å²) < 4.78 is 38.8. The highest BCUT2D eigenvalue weighted by atomic mass is 79.9. The molecule has 0 N–H and O–H groups in total. The summed E-state index contributed by atoms with van der Waals surface area (Å²) in [6.07, 6.45) is 1.43. The molecule has 3 rings (SSSR count). The zero-order chi connectivity index (χ0) is 14.2. The van der Waals surface area contributed by atoms with Gasteiger partial charge in [-0.25, -0.2) is 8.42 Å². The lowest BCUT2D eigenvalue weighted by Crippen LogP contribution is -2.41. The molecule has 0 unspecified atom stereocenters. The third-order valence-electron chi connectivity index (χ3n) is 3.67. The summed E-state index contributed by atoms with van der Waals surface area (Å²) in [6.45, 7) is 2.36. The molecule has 8 heteroatoms. The van der Waals surface area contributed by atoms with Gasteiger partial charge in [0.25, 0.3) is 10.0 Å². The van der Waals surface area contributed by atoms with Gasteiger partial charge < -0.3 is 9.47 Å². The number of sulfonamides is 1. The quantitative estimate of drug-likeness (QED) is 0.805. The van der Waals surface area contributed by atoms with Gasteiger partial charge in [0.15, 0.2) is 6.29 Å². The molecule has 0 radical (unpaired) electrons. The predicted molar refractivity (Wildman–Crippen MR) is 79.2 cm³/mol. The fourth-order valence-electron chi connectivity index (χ4n) is 2.60. The summed E-state index contributed by atoms with van der Waals surface area (Å²) in [5.74, 6) is 0.305. The van der Waals surface area contributed by atoms with Gasteiger partial charge in [0.2, 0.25) is 0 Å². The lowest BCUT2D eigenvalue weighted by molar-refractivity contribution is -0.0938. The van der Waals surface area contributed by atoms with Gasteiger partial charge in [-0.3, -0.25) is 0 Å². The topological polar surface area (TPSA) is 55.8 Å². The van der Waals surface area contributed by atoms with Gasteiger partial charge in [-0.2, -0.15) is 4.31 Å². The van der Waals surface area contributed by atoms with Crippen LogP contribution in [0.3, 0.4) is 0 Å². The van der Waals surface area contributed by atoms with Crippen LogP contribution in [-0.4, -0.2) is 45.3 Å². The molecule has 5 nitrogen and oxygen atoms in total. The Labute approximate surface area is 131 Å². The molecule has 0 spiro atoms. The smallest absolute Gasteiger partial charge is 0.252 e. The van der Waals surface area contributed by atoms with E-state index >= 15 is 0 Å². The van der Waals surface area contributed by atoms with Gasteiger partial charge in [-0.1, -0.05) is 0 Å². The maximum Gasteiger partial charge on any atom is 0.252 e. The summed E-state index contributed by atoms with van der Waals surface area (Å²) in [5.41, 5.74) is 0. The van der Waals surface area contributed by atoms with E-state index in [0.29, 0.717) is 36.4 Å². The van der Waals surface area contributed by atoms with E-state index in [1.165, 1.54) is 11.3 Å². The number of piperidine rings is 1. The van der Waals surface area contributed by atoms with E-state index in [2.05, 4.69) is 15.9 Å². The molecule has 2 fully saturated rings. The zero-order valence-corrected chi connectivity index (χ0v) is 14.0. The monoisotopic (exact) mass is 381 g/mol. The van der Waals surface area contributed by atoms with Crippen LogP contribution in [0.25, 0.3) is 0 Å². The molecule has 0 aromatic carbocycles. The van der Waals surface area contributed by atoms with Crippen molar-refractivity contribution in [2.24, 2.45) is 5.92 Å². The van der Waals surface area contributed by atoms with Crippen molar-refractivity contribution >= 4 is 37.3 Å². The largest absolute Gasteiger partial charge is 0.350 e. The molecule has 2 aliphatic heterocycles. The maximum atomic E-state index is 12.5. The highest BCUT2D eigenvalue weighted by molar-refractivity contribution is 9.11. The van der Waals surface area contributed by atoms with Crippen molar-refractivity contribution in [3.05, 3.63) is 15.9 Å². The Morgan fingerprint density at radius 1 is 1.20 bits per heavy atom. The minimum atomic E-state index is -3.35. The molecule has 2 aliphatic rings.